The fourth-order valence-electron chi connectivity index (χ4n) is 4.51. The Morgan fingerprint density at radius 3 is 2.37 bits per heavy atom. The minimum absolute atomic E-state index is 0.0740. The van der Waals surface area contributed by atoms with Crippen LogP contribution in [0.5, 0.6) is 0 Å². The average molecular weight is 591 g/mol. The maximum absolute atomic E-state index is 12.9. The number of amides is 2. The van der Waals surface area contributed by atoms with Gasteiger partial charge in [-0.2, -0.15) is 4.31 Å². The third kappa shape index (κ3) is 6.84. The SMILES string of the molecule is Cc1cccc(NC(=O)CSc2nnc(CNC(=O)c3ccc(S(=O)(=O)N4CCCC4)cc3)n2-c2ccccc2)c1. The third-order valence-electron chi connectivity index (χ3n) is 6.58. The number of nitrogens with zero attached hydrogens (tertiary/aromatic N) is 4. The number of aromatic nitrogens is 3. The normalized spacial score (nSPS) is 13.7. The minimum atomic E-state index is -3.55. The summed E-state index contributed by atoms with van der Waals surface area (Å²) in [6, 6.07) is 23.0. The van der Waals surface area contributed by atoms with Crippen LogP contribution < -0.4 is 10.6 Å². The average Bonchev–Trinajstić information content (AvgIpc) is 3.66. The Morgan fingerprint density at radius 2 is 1.66 bits per heavy atom. The van der Waals surface area contributed by atoms with Gasteiger partial charge < -0.3 is 10.6 Å². The number of carbonyl (C=O) groups is 2. The lowest BCUT2D eigenvalue weighted by atomic mass is 10.2. The molecule has 1 aliphatic rings. The second-order valence-corrected chi connectivity index (χ2v) is 12.5. The predicted molar refractivity (Wildman–Crippen MR) is 157 cm³/mol. The second-order valence-electron chi connectivity index (χ2n) is 9.59. The lowest BCUT2D eigenvalue weighted by Gasteiger charge is -2.15. The molecule has 2 N–H and O–H groups in total. The number of hydrogen-bond donors (Lipinski definition) is 2. The van der Waals surface area contributed by atoms with E-state index in [2.05, 4.69) is 20.8 Å². The highest BCUT2D eigenvalue weighted by atomic mass is 32.2. The molecule has 2 heterocycles. The molecular weight excluding hydrogens is 560 g/mol. The number of carbonyl (C=O) groups excluding carboxylic acids is 2. The fraction of sp³-hybridized carbons (Fsp3) is 0.241. The molecule has 0 spiro atoms. The van der Waals surface area contributed by atoms with Crippen molar-refractivity contribution in [1.82, 2.24) is 24.4 Å². The van der Waals surface area contributed by atoms with Crippen molar-refractivity contribution in [2.24, 2.45) is 0 Å². The smallest absolute Gasteiger partial charge is 0.251 e. The molecule has 2 amide bonds. The molecule has 0 bridgehead atoms. The quantitative estimate of drug-likeness (QED) is 0.267. The molecule has 0 radical (unpaired) electrons. The highest BCUT2D eigenvalue weighted by Crippen LogP contribution is 2.23. The van der Waals surface area contributed by atoms with E-state index in [1.807, 2.05) is 61.5 Å². The molecule has 12 heteroatoms. The van der Waals surface area contributed by atoms with E-state index in [9.17, 15) is 18.0 Å². The first-order valence-electron chi connectivity index (χ1n) is 13.2. The minimum Gasteiger partial charge on any atom is -0.345 e. The molecular formula is C29H30N6O4S2. The maximum atomic E-state index is 12.9. The number of sulfonamides is 1. The fourth-order valence-corrected chi connectivity index (χ4v) is 6.80. The van der Waals surface area contributed by atoms with Crippen LogP contribution in [-0.2, 0) is 21.4 Å². The summed E-state index contributed by atoms with van der Waals surface area (Å²) in [7, 11) is -3.55. The molecule has 0 saturated carbocycles. The summed E-state index contributed by atoms with van der Waals surface area (Å²) in [6.07, 6.45) is 1.71. The summed E-state index contributed by atoms with van der Waals surface area (Å²) in [4.78, 5) is 25.7. The zero-order valence-electron chi connectivity index (χ0n) is 22.5. The van der Waals surface area contributed by atoms with E-state index < -0.39 is 10.0 Å². The van der Waals surface area contributed by atoms with Gasteiger partial charge in [0.15, 0.2) is 11.0 Å². The zero-order valence-corrected chi connectivity index (χ0v) is 24.1. The predicted octanol–water partition coefficient (Wildman–Crippen LogP) is 4.02. The Labute approximate surface area is 243 Å². The van der Waals surface area contributed by atoms with Crippen molar-refractivity contribution in [2.45, 2.75) is 36.4 Å². The van der Waals surface area contributed by atoms with Crippen molar-refractivity contribution in [3.63, 3.8) is 0 Å². The van der Waals surface area contributed by atoms with Gasteiger partial charge in [0.1, 0.15) is 0 Å². The van der Waals surface area contributed by atoms with Crippen LogP contribution in [0.3, 0.4) is 0 Å². The van der Waals surface area contributed by atoms with E-state index >= 15 is 0 Å². The molecule has 1 saturated heterocycles. The number of rotatable bonds is 10. The van der Waals surface area contributed by atoms with Gasteiger partial charge in [0.05, 0.1) is 17.2 Å². The Bertz CT molecular complexity index is 1630. The zero-order chi connectivity index (χ0) is 28.8. The summed E-state index contributed by atoms with van der Waals surface area (Å²) < 4.78 is 28.8. The van der Waals surface area contributed by atoms with Crippen molar-refractivity contribution in [1.29, 1.82) is 0 Å². The monoisotopic (exact) mass is 590 g/mol. The first kappa shape index (κ1) is 28.5. The highest BCUT2D eigenvalue weighted by Gasteiger charge is 2.27. The summed E-state index contributed by atoms with van der Waals surface area (Å²) in [5.74, 6) is 0.0647. The Balaban J connectivity index is 1.26. The van der Waals surface area contributed by atoms with Crippen LogP contribution in [0, 0.1) is 6.92 Å². The maximum Gasteiger partial charge on any atom is 0.251 e. The van der Waals surface area contributed by atoms with Crippen molar-refractivity contribution < 1.29 is 18.0 Å². The van der Waals surface area contributed by atoms with Crippen LogP contribution in [0.15, 0.2) is 88.9 Å². The molecule has 41 heavy (non-hydrogen) atoms. The van der Waals surface area contributed by atoms with Crippen LogP contribution in [0.2, 0.25) is 0 Å². The van der Waals surface area contributed by atoms with Crippen molar-refractivity contribution in [2.75, 3.05) is 24.2 Å². The Kier molecular flexibility index (Phi) is 8.81. The lowest BCUT2D eigenvalue weighted by molar-refractivity contribution is -0.113. The van der Waals surface area contributed by atoms with Gasteiger partial charge in [-0.25, -0.2) is 8.42 Å². The molecule has 0 atom stereocenters. The summed E-state index contributed by atoms with van der Waals surface area (Å²) >= 11 is 1.24. The molecule has 4 aromatic rings. The number of anilines is 1. The number of aryl methyl sites for hydroxylation is 1. The van der Waals surface area contributed by atoms with Crippen LogP contribution in [0.25, 0.3) is 5.69 Å². The standard InChI is InChI=1S/C29H30N6O4S2/c1-21-8-7-9-23(18-21)31-27(36)20-40-29-33-32-26(35(29)24-10-3-2-4-11-24)19-30-28(37)22-12-14-25(15-13-22)41(38,39)34-16-5-6-17-34/h2-4,7-15,18H,5-6,16-17,19-20H2,1H3,(H,30,37)(H,31,36). The van der Waals surface area contributed by atoms with Gasteiger partial charge in [-0.05, 0) is 73.9 Å². The van der Waals surface area contributed by atoms with Crippen LogP contribution in [-0.4, -0.2) is 58.1 Å². The highest BCUT2D eigenvalue weighted by molar-refractivity contribution is 7.99. The Hall–Kier alpha value is -4.00. The molecule has 212 valence electrons. The molecule has 0 aliphatic carbocycles. The first-order valence-corrected chi connectivity index (χ1v) is 15.6. The molecule has 0 unspecified atom stereocenters. The van der Waals surface area contributed by atoms with Crippen molar-refractivity contribution in [3.05, 3.63) is 95.8 Å². The summed E-state index contributed by atoms with van der Waals surface area (Å²) in [5, 5.41) is 14.8. The van der Waals surface area contributed by atoms with Gasteiger partial charge in [0, 0.05) is 30.0 Å². The molecule has 10 nitrogen and oxygen atoms in total. The van der Waals surface area contributed by atoms with Gasteiger partial charge in [-0.1, -0.05) is 42.1 Å². The topological polar surface area (TPSA) is 126 Å². The van der Waals surface area contributed by atoms with Crippen LogP contribution >= 0.6 is 11.8 Å². The number of nitrogens with one attached hydrogen (secondary N) is 2. The number of hydrogen-bond acceptors (Lipinski definition) is 7. The summed E-state index contributed by atoms with van der Waals surface area (Å²) in [6.45, 7) is 3.07. The Morgan fingerprint density at radius 1 is 0.927 bits per heavy atom. The van der Waals surface area contributed by atoms with Crippen LogP contribution in [0.1, 0.15) is 34.6 Å². The number of para-hydroxylation sites is 1. The molecule has 3 aromatic carbocycles. The van der Waals surface area contributed by atoms with Gasteiger partial charge in [-0.3, -0.25) is 14.2 Å². The first-order chi connectivity index (χ1) is 19.8. The van der Waals surface area contributed by atoms with Crippen LogP contribution in [0.4, 0.5) is 5.69 Å². The van der Waals surface area contributed by atoms with Crippen molar-refractivity contribution >= 4 is 39.3 Å². The molecule has 1 fully saturated rings. The number of benzene rings is 3. The van der Waals surface area contributed by atoms with E-state index in [4.69, 9.17) is 0 Å². The van der Waals surface area contributed by atoms with E-state index in [-0.39, 0.29) is 29.0 Å². The van der Waals surface area contributed by atoms with Gasteiger partial charge in [-0.15, -0.1) is 10.2 Å². The van der Waals surface area contributed by atoms with E-state index in [1.165, 1.54) is 40.3 Å². The van der Waals surface area contributed by atoms with Gasteiger partial charge >= 0.3 is 0 Å². The van der Waals surface area contributed by atoms with Gasteiger partial charge in [0.25, 0.3) is 5.91 Å². The molecule has 1 aromatic heterocycles. The van der Waals surface area contributed by atoms with E-state index in [0.29, 0.717) is 29.6 Å². The molecule has 5 rings (SSSR count). The molecule has 1 aliphatic heterocycles. The lowest BCUT2D eigenvalue weighted by Crippen LogP contribution is -2.28. The summed E-state index contributed by atoms with van der Waals surface area (Å²) in [5.41, 5.74) is 2.90. The number of thioether (sulfide) groups is 1. The third-order valence-corrected chi connectivity index (χ3v) is 9.42. The largest absolute Gasteiger partial charge is 0.345 e. The van der Waals surface area contributed by atoms with Gasteiger partial charge in [0.2, 0.25) is 15.9 Å². The van der Waals surface area contributed by atoms with Crippen molar-refractivity contribution in [3.8, 4) is 5.69 Å². The second kappa shape index (κ2) is 12.7. The van der Waals surface area contributed by atoms with E-state index in [1.54, 1.807) is 4.57 Å². The van der Waals surface area contributed by atoms with E-state index in [0.717, 1.165) is 29.8 Å².